The molecule has 5 heteroatoms. The highest BCUT2D eigenvalue weighted by atomic mass is 79.9. The molecule has 0 saturated heterocycles. The monoisotopic (exact) mass is 316 g/mol. The molecule has 0 aromatic heterocycles. The van der Waals surface area contributed by atoms with Crippen LogP contribution in [0.4, 0.5) is 0 Å². The molecule has 0 saturated carbocycles. The van der Waals surface area contributed by atoms with Crippen molar-refractivity contribution >= 4 is 25.0 Å². The number of rotatable bonds is 10. The van der Waals surface area contributed by atoms with Crippen molar-refractivity contribution in [3.63, 3.8) is 0 Å². The lowest BCUT2D eigenvalue weighted by molar-refractivity contribution is 0.313. The van der Waals surface area contributed by atoms with Crippen LogP contribution in [0.1, 0.15) is 51.9 Å². The van der Waals surface area contributed by atoms with Crippen molar-refractivity contribution in [2.75, 3.05) is 18.5 Å². The molecular weight excluding hydrogens is 291 g/mol. The summed E-state index contributed by atoms with van der Waals surface area (Å²) >= 11 is 3.00. The zero-order valence-corrected chi connectivity index (χ0v) is 12.8. The molecule has 3 nitrogen and oxygen atoms in total. The van der Waals surface area contributed by atoms with E-state index in [0.717, 1.165) is 13.0 Å². The van der Waals surface area contributed by atoms with Crippen molar-refractivity contribution in [3.8, 4) is 0 Å². The first kappa shape index (κ1) is 19.1. The lowest BCUT2D eigenvalue weighted by atomic mass is 10.1. The molecule has 0 aliphatic rings. The highest BCUT2D eigenvalue weighted by Gasteiger charge is 1.90. The summed E-state index contributed by atoms with van der Waals surface area (Å²) in [6.45, 7) is 3.19. The van der Waals surface area contributed by atoms with Crippen LogP contribution in [0, 0.1) is 0 Å². The molecule has 0 bridgehead atoms. The van der Waals surface area contributed by atoms with Crippen molar-refractivity contribution in [1.29, 1.82) is 0 Å². The summed E-state index contributed by atoms with van der Waals surface area (Å²) in [6.07, 6.45) is 9.07. The van der Waals surface area contributed by atoms with Crippen LogP contribution < -0.4 is 0 Å². The molecular formula is C11H26BrO3P. The van der Waals surface area contributed by atoms with Crippen molar-refractivity contribution in [2.45, 2.75) is 51.9 Å². The zero-order valence-electron chi connectivity index (χ0n) is 10.3. The Bertz CT molecular complexity index is 95.2. The van der Waals surface area contributed by atoms with Gasteiger partial charge in [-0.25, -0.2) is 0 Å². The van der Waals surface area contributed by atoms with Gasteiger partial charge in [-0.3, -0.25) is 0 Å². The smallest absolute Gasteiger partial charge is 0.152 e. The van der Waals surface area contributed by atoms with Crippen LogP contribution in [0.3, 0.4) is 0 Å². The number of halogens is 1. The number of hydrogen-bond acceptors (Lipinski definition) is 3. The van der Waals surface area contributed by atoms with E-state index in [1.807, 2.05) is 0 Å². The normalized spacial score (nSPS) is 10.5. The predicted octanol–water partition coefficient (Wildman–Crippen LogP) is 3.63. The van der Waals surface area contributed by atoms with Gasteiger partial charge in [-0.1, -0.05) is 61.4 Å². The van der Waals surface area contributed by atoms with E-state index in [-0.39, 0.29) is 15.6 Å². The predicted molar refractivity (Wildman–Crippen MR) is 75.4 cm³/mol. The lowest BCUT2D eigenvalue weighted by Crippen LogP contribution is -1.86. The molecule has 0 rings (SSSR count). The van der Waals surface area contributed by atoms with Crippen LogP contribution in [-0.2, 0) is 4.52 Å². The van der Waals surface area contributed by atoms with E-state index < -0.39 is 0 Å². The fourth-order valence-electron chi connectivity index (χ4n) is 1.18. The standard InChI is InChI=1S/C9H21O2P.C2H5BrO/c1-2-3-4-5-6-7-8-9-11-12-10;3-1-2-4/h10,12H,2-9H2,1H3;4H,1-2H2. The second-order valence-corrected chi connectivity index (χ2v) is 4.74. The van der Waals surface area contributed by atoms with Gasteiger partial charge in [0.1, 0.15) is 0 Å². The molecule has 0 fully saturated rings. The number of alkyl halides is 1. The second-order valence-electron chi connectivity index (χ2n) is 3.47. The van der Waals surface area contributed by atoms with E-state index in [1.165, 1.54) is 38.5 Å². The number of aliphatic hydroxyl groups is 1. The average Bonchev–Trinajstić information content (AvgIpc) is 2.33. The van der Waals surface area contributed by atoms with Gasteiger partial charge in [-0.15, -0.1) is 0 Å². The fraction of sp³-hybridized carbons (Fsp3) is 1.00. The molecule has 16 heavy (non-hydrogen) atoms. The number of hydrogen-bond donors (Lipinski definition) is 2. The van der Waals surface area contributed by atoms with Crippen molar-refractivity contribution in [3.05, 3.63) is 0 Å². The van der Waals surface area contributed by atoms with E-state index in [1.54, 1.807) is 0 Å². The molecule has 0 aliphatic carbocycles. The van der Waals surface area contributed by atoms with Gasteiger partial charge in [0.25, 0.3) is 0 Å². The molecule has 0 aliphatic heterocycles. The number of unbranched alkanes of at least 4 members (excludes halogenated alkanes) is 6. The Morgan fingerprint density at radius 1 is 1.06 bits per heavy atom. The molecule has 0 amide bonds. The minimum absolute atomic E-state index is 0.236. The van der Waals surface area contributed by atoms with Crippen LogP contribution in [0.15, 0.2) is 0 Å². The molecule has 1 unspecified atom stereocenters. The summed E-state index contributed by atoms with van der Waals surface area (Å²) in [5.41, 5.74) is 0. The van der Waals surface area contributed by atoms with E-state index in [9.17, 15) is 0 Å². The molecule has 0 aromatic carbocycles. The summed E-state index contributed by atoms with van der Waals surface area (Å²) in [6, 6.07) is 0. The van der Waals surface area contributed by atoms with Gasteiger partial charge in [-0.2, -0.15) is 0 Å². The minimum atomic E-state index is -0.330. The van der Waals surface area contributed by atoms with Gasteiger partial charge >= 0.3 is 0 Å². The van der Waals surface area contributed by atoms with Gasteiger partial charge in [-0.05, 0) is 6.42 Å². The van der Waals surface area contributed by atoms with Gasteiger partial charge in [0.05, 0.1) is 13.2 Å². The van der Waals surface area contributed by atoms with Gasteiger partial charge in [0.2, 0.25) is 0 Å². The molecule has 100 valence electrons. The highest BCUT2D eigenvalue weighted by Crippen LogP contribution is 2.09. The van der Waals surface area contributed by atoms with E-state index in [0.29, 0.717) is 5.33 Å². The molecule has 2 N–H and O–H groups in total. The van der Waals surface area contributed by atoms with E-state index in [2.05, 4.69) is 22.9 Å². The maximum absolute atomic E-state index is 8.34. The minimum Gasteiger partial charge on any atom is -0.396 e. The first-order chi connectivity index (χ1) is 7.83. The first-order valence-corrected chi connectivity index (χ1v) is 7.98. The van der Waals surface area contributed by atoms with Crippen LogP contribution >= 0.6 is 25.0 Å². The Hall–Kier alpha value is 0.790. The SMILES string of the molecule is CCCCCCCCCOPO.OCCBr. The van der Waals surface area contributed by atoms with Gasteiger partial charge in [0.15, 0.2) is 9.03 Å². The summed E-state index contributed by atoms with van der Waals surface area (Å²) in [5, 5.41) is 8.52. The van der Waals surface area contributed by atoms with Gasteiger partial charge < -0.3 is 14.5 Å². The number of aliphatic hydroxyl groups excluding tert-OH is 1. The largest absolute Gasteiger partial charge is 0.396 e. The van der Waals surface area contributed by atoms with E-state index >= 15 is 0 Å². The van der Waals surface area contributed by atoms with Crippen molar-refractivity contribution in [2.24, 2.45) is 0 Å². The Balaban J connectivity index is 0. The van der Waals surface area contributed by atoms with Crippen LogP contribution in [0.5, 0.6) is 0 Å². The van der Waals surface area contributed by atoms with Crippen LogP contribution in [0.2, 0.25) is 0 Å². The summed E-state index contributed by atoms with van der Waals surface area (Å²) in [7, 11) is -0.330. The molecule has 0 aromatic rings. The highest BCUT2D eigenvalue weighted by molar-refractivity contribution is 9.09. The summed E-state index contributed by atoms with van der Waals surface area (Å²) in [5.74, 6) is 0. The third-order valence-electron chi connectivity index (χ3n) is 2.00. The summed E-state index contributed by atoms with van der Waals surface area (Å²) in [4.78, 5) is 8.34. The Labute approximate surface area is 110 Å². The van der Waals surface area contributed by atoms with Gasteiger partial charge in [0, 0.05) is 5.33 Å². The van der Waals surface area contributed by atoms with Crippen molar-refractivity contribution in [1.82, 2.24) is 0 Å². The maximum atomic E-state index is 8.34. The quantitative estimate of drug-likeness (QED) is 0.367. The molecule has 0 radical (unpaired) electrons. The third-order valence-corrected chi connectivity index (χ3v) is 2.69. The second kappa shape index (κ2) is 21.1. The lowest BCUT2D eigenvalue weighted by Gasteiger charge is -2.00. The third kappa shape index (κ3) is 24.2. The maximum Gasteiger partial charge on any atom is 0.152 e. The topological polar surface area (TPSA) is 49.7 Å². The molecule has 1 atom stereocenters. The molecule has 0 heterocycles. The van der Waals surface area contributed by atoms with Crippen LogP contribution in [0.25, 0.3) is 0 Å². The summed E-state index contributed by atoms with van der Waals surface area (Å²) < 4.78 is 4.84. The Morgan fingerprint density at radius 3 is 2.00 bits per heavy atom. The van der Waals surface area contributed by atoms with E-state index in [4.69, 9.17) is 14.5 Å². The first-order valence-electron chi connectivity index (χ1n) is 6.01. The fourth-order valence-corrected chi connectivity index (χ4v) is 1.41. The molecule has 0 spiro atoms. The Kier molecular flexibility index (Phi) is 25.3. The van der Waals surface area contributed by atoms with Crippen LogP contribution in [-0.4, -0.2) is 28.5 Å². The average molecular weight is 317 g/mol. The van der Waals surface area contributed by atoms with Crippen molar-refractivity contribution < 1.29 is 14.5 Å². The zero-order chi connectivity index (χ0) is 12.5. The Morgan fingerprint density at radius 2 is 1.56 bits per heavy atom.